The lowest BCUT2D eigenvalue weighted by molar-refractivity contribution is -0.00483. The Labute approximate surface area is 155 Å². The van der Waals surface area contributed by atoms with Crippen molar-refractivity contribution in [3.63, 3.8) is 0 Å². The van der Waals surface area contributed by atoms with Gasteiger partial charge < -0.3 is 4.74 Å². The van der Waals surface area contributed by atoms with Gasteiger partial charge in [0, 0.05) is 6.61 Å². The van der Waals surface area contributed by atoms with Gasteiger partial charge in [-0.3, -0.25) is 0 Å². The zero-order valence-electron chi connectivity index (χ0n) is 16.3. The lowest BCUT2D eigenvalue weighted by Crippen LogP contribution is -2.25. The Bertz CT molecular complexity index is 452. The molecule has 0 aliphatic heterocycles. The molecule has 0 aromatic heterocycles. The van der Waals surface area contributed by atoms with Crippen molar-refractivity contribution in [2.75, 3.05) is 6.61 Å². The van der Waals surface area contributed by atoms with Crippen LogP contribution in [0.5, 0.6) is 0 Å². The van der Waals surface area contributed by atoms with E-state index in [2.05, 4.69) is 37.3 Å². The maximum absolute atomic E-state index is 6.34. The van der Waals surface area contributed by atoms with E-state index in [1.165, 1.54) is 82.6 Å². The molecule has 3 rings (SSSR count). The molecular formula is C24H38O. The maximum atomic E-state index is 6.34. The monoisotopic (exact) mass is 342 g/mol. The predicted molar refractivity (Wildman–Crippen MR) is 107 cm³/mol. The summed E-state index contributed by atoms with van der Waals surface area (Å²) in [6.45, 7) is 3.34. The highest BCUT2D eigenvalue weighted by Gasteiger charge is 2.25. The highest BCUT2D eigenvalue weighted by Crippen LogP contribution is 2.36. The Morgan fingerprint density at radius 2 is 1.48 bits per heavy atom. The topological polar surface area (TPSA) is 9.23 Å². The quantitative estimate of drug-likeness (QED) is 0.457. The summed E-state index contributed by atoms with van der Waals surface area (Å²) in [5.41, 5.74) is 1.53. The average molecular weight is 343 g/mol. The van der Waals surface area contributed by atoms with Crippen molar-refractivity contribution in [3.8, 4) is 0 Å². The fraction of sp³-hybridized carbons (Fsp3) is 0.750. The molecule has 1 aromatic rings. The molecule has 0 spiro atoms. The van der Waals surface area contributed by atoms with Crippen molar-refractivity contribution >= 4 is 0 Å². The second-order valence-electron chi connectivity index (χ2n) is 8.60. The van der Waals surface area contributed by atoms with Crippen molar-refractivity contribution in [1.29, 1.82) is 0 Å². The van der Waals surface area contributed by atoms with Crippen molar-refractivity contribution in [2.45, 2.75) is 96.0 Å². The van der Waals surface area contributed by atoms with Crippen LogP contribution in [0.25, 0.3) is 0 Å². The number of benzene rings is 1. The SMILES string of the molecule is CCCCCC1CCC(COC2CCC(c3ccccc3)CC2)CC1. The van der Waals surface area contributed by atoms with Gasteiger partial charge in [0.2, 0.25) is 0 Å². The molecule has 2 saturated carbocycles. The van der Waals surface area contributed by atoms with E-state index in [9.17, 15) is 0 Å². The van der Waals surface area contributed by atoms with Gasteiger partial charge in [0.25, 0.3) is 0 Å². The van der Waals surface area contributed by atoms with Gasteiger partial charge in [-0.1, -0.05) is 75.8 Å². The minimum absolute atomic E-state index is 0.530. The molecule has 2 aliphatic rings. The van der Waals surface area contributed by atoms with Crippen molar-refractivity contribution < 1.29 is 4.74 Å². The lowest BCUT2D eigenvalue weighted by Gasteiger charge is -2.32. The summed E-state index contributed by atoms with van der Waals surface area (Å²) in [5, 5.41) is 0. The van der Waals surface area contributed by atoms with E-state index in [0.29, 0.717) is 6.10 Å². The first-order valence-electron chi connectivity index (χ1n) is 11.0. The second kappa shape index (κ2) is 10.4. The van der Waals surface area contributed by atoms with Crippen LogP contribution in [0, 0.1) is 11.8 Å². The smallest absolute Gasteiger partial charge is 0.0575 e. The Morgan fingerprint density at radius 1 is 0.800 bits per heavy atom. The fourth-order valence-corrected chi connectivity index (χ4v) is 4.93. The number of ether oxygens (including phenoxy) is 1. The molecule has 2 fully saturated rings. The van der Waals surface area contributed by atoms with Crippen LogP contribution in [0.1, 0.15) is 95.5 Å². The van der Waals surface area contributed by atoms with E-state index < -0.39 is 0 Å². The number of rotatable bonds is 8. The molecule has 1 aromatic carbocycles. The van der Waals surface area contributed by atoms with Crippen molar-refractivity contribution in [2.24, 2.45) is 11.8 Å². The van der Waals surface area contributed by atoms with Gasteiger partial charge >= 0.3 is 0 Å². The summed E-state index contributed by atoms with van der Waals surface area (Å²) in [7, 11) is 0. The molecule has 0 saturated heterocycles. The summed E-state index contributed by atoms with van der Waals surface area (Å²) < 4.78 is 6.34. The van der Waals surface area contributed by atoms with Crippen molar-refractivity contribution in [1.82, 2.24) is 0 Å². The minimum Gasteiger partial charge on any atom is -0.378 e. The van der Waals surface area contributed by atoms with Gasteiger partial charge in [-0.15, -0.1) is 0 Å². The molecule has 0 heterocycles. The van der Waals surface area contributed by atoms with Crippen LogP contribution in [-0.2, 0) is 4.74 Å². The Morgan fingerprint density at radius 3 is 2.16 bits per heavy atom. The molecule has 25 heavy (non-hydrogen) atoms. The summed E-state index contributed by atoms with van der Waals surface area (Å²) in [6.07, 6.45) is 17.1. The Balaban J connectivity index is 1.29. The molecule has 0 radical (unpaired) electrons. The summed E-state index contributed by atoms with van der Waals surface area (Å²) in [5.74, 6) is 2.62. The van der Waals surface area contributed by atoms with Gasteiger partial charge in [-0.2, -0.15) is 0 Å². The van der Waals surface area contributed by atoms with Gasteiger partial charge in [0.05, 0.1) is 6.10 Å². The normalized spacial score (nSPS) is 30.3. The molecule has 1 heteroatoms. The third-order valence-electron chi connectivity index (χ3n) is 6.70. The van der Waals surface area contributed by atoms with Gasteiger partial charge in [-0.05, 0) is 61.8 Å². The van der Waals surface area contributed by atoms with Crippen LogP contribution >= 0.6 is 0 Å². The van der Waals surface area contributed by atoms with E-state index in [0.717, 1.165) is 24.4 Å². The summed E-state index contributed by atoms with van der Waals surface area (Å²) in [4.78, 5) is 0. The molecular weight excluding hydrogens is 304 g/mol. The Kier molecular flexibility index (Phi) is 7.85. The molecule has 0 bridgehead atoms. The molecule has 0 unspecified atom stereocenters. The number of hydrogen-bond donors (Lipinski definition) is 0. The zero-order valence-corrected chi connectivity index (χ0v) is 16.3. The molecule has 1 nitrogen and oxygen atoms in total. The molecule has 0 amide bonds. The van der Waals surface area contributed by atoms with Gasteiger partial charge in [0.1, 0.15) is 0 Å². The molecule has 2 aliphatic carbocycles. The Hall–Kier alpha value is -0.820. The highest BCUT2D eigenvalue weighted by molar-refractivity contribution is 5.19. The molecule has 0 N–H and O–H groups in total. The van der Waals surface area contributed by atoms with Crippen molar-refractivity contribution in [3.05, 3.63) is 35.9 Å². The first kappa shape index (κ1) is 19.0. The fourth-order valence-electron chi connectivity index (χ4n) is 4.93. The first-order valence-corrected chi connectivity index (χ1v) is 11.0. The highest BCUT2D eigenvalue weighted by atomic mass is 16.5. The van der Waals surface area contributed by atoms with Crippen LogP contribution < -0.4 is 0 Å². The largest absolute Gasteiger partial charge is 0.378 e. The predicted octanol–water partition coefficient (Wildman–Crippen LogP) is 7.12. The average Bonchev–Trinajstić information content (AvgIpc) is 2.69. The van der Waals surface area contributed by atoms with Crippen LogP contribution in [-0.4, -0.2) is 12.7 Å². The zero-order chi connectivity index (χ0) is 17.3. The number of unbranched alkanes of at least 4 members (excludes halogenated alkanes) is 2. The third kappa shape index (κ3) is 6.13. The van der Waals surface area contributed by atoms with E-state index in [4.69, 9.17) is 4.74 Å². The minimum atomic E-state index is 0.530. The number of hydrogen-bond acceptors (Lipinski definition) is 1. The lowest BCUT2D eigenvalue weighted by atomic mass is 9.80. The molecule has 0 atom stereocenters. The van der Waals surface area contributed by atoms with Gasteiger partial charge in [0.15, 0.2) is 0 Å². The van der Waals surface area contributed by atoms with Crippen LogP contribution in [0.4, 0.5) is 0 Å². The van der Waals surface area contributed by atoms with E-state index >= 15 is 0 Å². The summed E-state index contributed by atoms with van der Waals surface area (Å²) >= 11 is 0. The summed E-state index contributed by atoms with van der Waals surface area (Å²) in [6, 6.07) is 11.1. The van der Waals surface area contributed by atoms with Crippen LogP contribution in [0.3, 0.4) is 0 Å². The van der Waals surface area contributed by atoms with E-state index in [1.807, 2.05) is 0 Å². The standard InChI is InChI=1S/C24H38O/c1-2-3-5-8-20-11-13-21(14-12-20)19-25-24-17-15-23(16-18-24)22-9-6-4-7-10-22/h4,6-7,9-10,20-21,23-24H,2-3,5,8,11-19H2,1H3. The van der Waals surface area contributed by atoms with E-state index in [1.54, 1.807) is 0 Å². The maximum Gasteiger partial charge on any atom is 0.0575 e. The second-order valence-corrected chi connectivity index (χ2v) is 8.60. The molecule has 140 valence electrons. The van der Waals surface area contributed by atoms with Gasteiger partial charge in [-0.25, -0.2) is 0 Å². The van der Waals surface area contributed by atoms with Crippen LogP contribution in [0.2, 0.25) is 0 Å². The van der Waals surface area contributed by atoms with Crippen LogP contribution in [0.15, 0.2) is 30.3 Å². The van der Waals surface area contributed by atoms with E-state index in [-0.39, 0.29) is 0 Å². The first-order chi connectivity index (χ1) is 12.3. The third-order valence-corrected chi connectivity index (χ3v) is 6.70.